The van der Waals surface area contributed by atoms with Gasteiger partial charge >= 0.3 is 0 Å². The molecule has 0 aromatic carbocycles. The van der Waals surface area contributed by atoms with Crippen molar-refractivity contribution in [2.75, 3.05) is 6.54 Å². The van der Waals surface area contributed by atoms with Crippen LogP contribution in [0.1, 0.15) is 110 Å². The number of unbranched alkanes of at least 4 members (excludes halogenated alkanes) is 10. The van der Waals surface area contributed by atoms with Gasteiger partial charge in [0.1, 0.15) is 0 Å². The van der Waals surface area contributed by atoms with Crippen LogP contribution in [0.3, 0.4) is 0 Å². The second kappa shape index (κ2) is 17.8. The van der Waals surface area contributed by atoms with E-state index in [0.717, 1.165) is 25.8 Å². The summed E-state index contributed by atoms with van der Waals surface area (Å²) >= 11 is 0. The van der Waals surface area contributed by atoms with Crippen molar-refractivity contribution in [2.24, 2.45) is 0 Å². The molecule has 0 saturated carbocycles. The van der Waals surface area contributed by atoms with Gasteiger partial charge in [-0.05, 0) is 26.2 Å². The van der Waals surface area contributed by atoms with Crippen molar-refractivity contribution < 1.29 is 9.90 Å². The quantitative estimate of drug-likeness (QED) is 0.354. The molecular formula is C20H41NO2. The smallest absolute Gasteiger partial charge is 0.219 e. The van der Waals surface area contributed by atoms with Crippen molar-refractivity contribution in [3.05, 3.63) is 0 Å². The second-order valence-corrected chi connectivity index (χ2v) is 6.82. The molecule has 0 spiro atoms. The summed E-state index contributed by atoms with van der Waals surface area (Å²) in [7, 11) is 0. The minimum atomic E-state index is -0.0684. The average Bonchev–Trinajstić information content (AvgIpc) is 2.53. The van der Waals surface area contributed by atoms with E-state index in [9.17, 15) is 9.90 Å². The number of aliphatic hydroxyl groups excluding tert-OH is 1. The molecule has 0 fully saturated rings. The van der Waals surface area contributed by atoms with Gasteiger partial charge in [0.2, 0.25) is 5.91 Å². The van der Waals surface area contributed by atoms with Crippen LogP contribution in [0, 0.1) is 0 Å². The number of nitrogens with one attached hydrogen (secondary N) is 1. The Labute approximate surface area is 144 Å². The van der Waals surface area contributed by atoms with Gasteiger partial charge in [0.15, 0.2) is 0 Å². The van der Waals surface area contributed by atoms with Crippen LogP contribution in [-0.4, -0.2) is 23.7 Å². The summed E-state index contributed by atoms with van der Waals surface area (Å²) in [6, 6.07) is 0. The molecule has 3 nitrogen and oxygen atoms in total. The number of carbonyl (C=O) groups is 1. The number of aliphatic hydroxyl groups is 1. The number of hydrogen-bond acceptors (Lipinski definition) is 2. The highest BCUT2D eigenvalue weighted by atomic mass is 16.3. The summed E-state index contributed by atoms with van der Waals surface area (Å²) in [4.78, 5) is 11.3. The van der Waals surface area contributed by atoms with Crippen molar-refractivity contribution >= 4 is 5.91 Å². The first-order valence-corrected chi connectivity index (χ1v) is 10.2. The molecule has 0 aliphatic rings. The Hall–Kier alpha value is -0.570. The van der Waals surface area contributed by atoms with Crippen LogP contribution >= 0.6 is 0 Å². The lowest BCUT2D eigenvalue weighted by atomic mass is 10.0. The summed E-state index contributed by atoms with van der Waals surface area (Å²) in [5, 5.41) is 12.7. The zero-order valence-electron chi connectivity index (χ0n) is 15.7. The van der Waals surface area contributed by atoms with Crippen LogP contribution in [0.2, 0.25) is 0 Å². The monoisotopic (exact) mass is 327 g/mol. The van der Waals surface area contributed by atoms with E-state index in [1.165, 1.54) is 70.6 Å². The predicted molar refractivity (Wildman–Crippen MR) is 99.6 cm³/mol. The van der Waals surface area contributed by atoms with Crippen molar-refractivity contribution in [2.45, 2.75) is 116 Å². The molecule has 0 saturated heterocycles. The van der Waals surface area contributed by atoms with Gasteiger partial charge in [0.05, 0.1) is 6.10 Å². The van der Waals surface area contributed by atoms with Gasteiger partial charge in [-0.15, -0.1) is 0 Å². The fraction of sp³-hybridized carbons (Fsp3) is 0.950. The summed E-state index contributed by atoms with van der Waals surface area (Å²) in [6.07, 6.45) is 17.4. The van der Waals surface area contributed by atoms with Gasteiger partial charge in [0.25, 0.3) is 0 Å². The minimum absolute atomic E-state index is 0.0684. The highest BCUT2D eigenvalue weighted by Crippen LogP contribution is 2.14. The highest BCUT2D eigenvalue weighted by molar-refractivity contribution is 5.75. The summed E-state index contributed by atoms with van der Waals surface area (Å²) < 4.78 is 0. The molecule has 0 radical (unpaired) electrons. The van der Waals surface area contributed by atoms with Gasteiger partial charge in [-0.3, -0.25) is 4.79 Å². The Bertz CT molecular complexity index is 256. The summed E-state index contributed by atoms with van der Waals surface area (Å²) in [5.41, 5.74) is 0. The lowest BCUT2D eigenvalue weighted by Crippen LogP contribution is -2.21. The lowest BCUT2D eigenvalue weighted by molar-refractivity contribution is -0.121. The third-order valence-corrected chi connectivity index (χ3v) is 4.46. The van der Waals surface area contributed by atoms with Crippen molar-refractivity contribution in [3.63, 3.8) is 0 Å². The first-order chi connectivity index (χ1) is 11.2. The number of hydrogen-bond donors (Lipinski definition) is 2. The van der Waals surface area contributed by atoms with E-state index in [1.54, 1.807) is 0 Å². The molecule has 0 bridgehead atoms. The summed E-state index contributed by atoms with van der Waals surface area (Å²) in [6.45, 7) is 4.93. The molecule has 0 rings (SSSR count). The van der Waals surface area contributed by atoms with Gasteiger partial charge < -0.3 is 10.4 Å². The molecule has 1 atom stereocenters. The summed E-state index contributed by atoms with van der Waals surface area (Å²) in [5.74, 6) is 0.195. The van der Waals surface area contributed by atoms with E-state index in [4.69, 9.17) is 0 Å². The topological polar surface area (TPSA) is 49.3 Å². The first kappa shape index (κ1) is 22.4. The van der Waals surface area contributed by atoms with E-state index in [1.807, 2.05) is 6.92 Å². The standard InChI is InChI=1S/C20H41NO2/c1-3-5-6-13-16-19(22)17-14-11-9-7-8-10-12-15-18-20(23)21-4-2/h19,22H,3-18H2,1-2H3,(H,21,23). The zero-order valence-corrected chi connectivity index (χ0v) is 15.7. The van der Waals surface area contributed by atoms with Gasteiger partial charge in [0, 0.05) is 13.0 Å². The van der Waals surface area contributed by atoms with Crippen molar-refractivity contribution in [3.8, 4) is 0 Å². The number of amides is 1. The minimum Gasteiger partial charge on any atom is -0.393 e. The number of rotatable bonds is 17. The molecule has 0 heterocycles. The Kier molecular flexibility index (Phi) is 17.3. The second-order valence-electron chi connectivity index (χ2n) is 6.82. The predicted octanol–water partition coefficient (Wildman–Crippen LogP) is 5.35. The van der Waals surface area contributed by atoms with Crippen LogP contribution in [0.25, 0.3) is 0 Å². The molecule has 1 unspecified atom stereocenters. The van der Waals surface area contributed by atoms with Crippen LogP contribution < -0.4 is 5.32 Å². The maximum atomic E-state index is 11.3. The Morgan fingerprint density at radius 1 is 0.783 bits per heavy atom. The van der Waals surface area contributed by atoms with Crippen molar-refractivity contribution in [1.82, 2.24) is 5.32 Å². The SMILES string of the molecule is CCCCCCC(O)CCCCCCCCCCC(=O)NCC. The maximum absolute atomic E-state index is 11.3. The van der Waals surface area contributed by atoms with Gasteiger partial charge in [-0.1, -0.05) is 77.6 Å². The van der Waals surface area contributed by atoms with E-state index in [-0.39, 0.29) is 12.0 Å². The van der Waals surface area contributed by atoms with E-state index < -0.39 is 0 Å². The zero-order chi connectivity index (χ0) is 17.2. The van der Waals surface area contributed by atoms with Crippen LogP contribution in [0.5, 0.6) is 0 Å². The fourth-order valence-electron chi connectivity index (χ4n) is 2.96. The van der Waals surface area contributed by atoms with Crippen LogP contribution in [0.15, 0.2) is 0 Å². The molecule has 0 aromatic heterocycles. The molecule has 138 valence electrons. The van der Waals surface area contributed by atoms with Gasteiger partial charge in [-0.25, -0.2) is 0 Å². The fourth-order valence-corrected chi connectivity index (χ4v) is 2.96. The number of carbonyl (C=O) groups excluding carboxylic acids is 1. The average molecular weight is 328 g/mol. The molecule has 3 heteroatoms. The largest absolute Gasteiger partial charge is 0.393 e. The third kappa shape index (κ3) is 17.6. The molecule has 0 aliphatic carbocycles. The molecule has 1 amide bonds. The Morgan fingerprint density at radius 3 is 1.78 bits per heavy atom. The Balaban J connectivity index is 3.16. The first-order valence-electron chi connectivity index (χ1n) is 10.2. The Morgan fingerprint density at radius 2 is 1.26 bits per heavy atom. The molecule has 0 aliphatic heterocycles. The molecule has 2 N–H and O–H groups in total. The van der Waals surface area contributed by atoms with Gasteiger partial charge in [-0.2, -0.15) is 0 Å². The van der Waals surface area contributed by atoms with Crippen LogP contribution in [-0.2, 0) is 4.79 Å². The lowest BCUT2D eigenvalue weighted by Gasteiger charge is -2.10. The molecular weight excluding hydrogens is 286 g/mol. The highest BCUT2D eigenvalue weighted by Gasteiger charge is 2.03. The van der Waals surface area contributed by atoms with E-state index >= 15 is 0 Å². The van der Waals surface area contributed by atoms with E-state index in [0.29, 0.717) is 6.42 Å². The molecule has 23 heavy (non-hydrogen) atoms. The van der Waals surface area contributed by atoms with Crippen LogP contribution in [0.4, 0.5) is 0 Å². The molecule has 0 aromatic rings. The maximum Gasteiger partial charge on any atom is 0.219 e. The van der Waals surface area contributed by atoms with Crippen molar-refractivity contribution in [1.29, 1.82) is 0 Å². The van der Waals surface area contributed by atoms with E-state index in [2.05, 4.69) is 12.2 Å². The third-order valence-electron chi connectivity index (χ3n) is 4.46. The normalized spacial score (nSPS) is 12.3.